The molecule has 1 unspecified atom stereocenters. The van der Waals surface area contributed by atoms with Crippen LogP contribution < -0.4 is 0 Å². The lowest BCUT2D eigenvalue weighted by Crippen LogP contribution is -2.12. The SMILES string of the molecule is Cc1cc(C(=O)C(C#N)c2ccccc2C)c(C)o1. The first-order chi connectivity index (χ1) is 9.04. The summed E-state index contributed by atoms with van der Waals surface area (Å²) in [5, 5.41) is 9.33. The maximum atomic E-state index is 12.5. The minimum Gasteiger partial charge on any atom is -0.466 e. The highest BCUT2D eigenvalue weighted by Crippen LogP contribution is 2.26. The third-order valence-corrected chi connectivity index (χ3v) is 3.20. The molecule has 19 heavy (non-hydrogen) atoms. The van der Waals surface area contributed by atoms with E-state index in [-0.39, 0.29) is 5.78 Å². The van der Waals surface area contributed by atoms with Crippen molar-refractivity contribution in [2.45, 2.75) is 26.7 Å². The number of ketones is 1. The smallest absolute Gasteiger partial charge is 0.187 e. The van der Waals surface area contributed by atoms with E-state index >= 15 is 0 Å². The van der Waals surface area contributed by atoms with Crippen molar-refractivity contribution in [2.75, 3.05) is 0 Å². The summed E-state index contributed by atoms with van der Waals surface area (Å²) in [6.07, 6.45) is 0. The quantitative estimate of drug-likeness (QED) is 0.784. The number of Topliss-reactive ketones (excluding diaryl/α,β-unsaturated/α-hetero) is 1. The predicted molar refractivity (Wildman–Crippen MR) is 72.0 cm³/mol. The van der Waals surface area contributed by atoms with Crippen molar-refractivity contribution in [2.24, 2.45) is 0 Å². The molecule has 0 fully saturated rings. The Balaban J connectivity index is 2.44. The first-order valence-electron chi connectivity index (χ1n) is 6.11. The van der Waals surface area contributed by atoms with E-state index in [9.17, 15) is 10.1 Å². The lowest BCUT2D eigenvalue weighted by molar-refractivity contribution is 0.0977. The number of rotatable bonds is 3. The van der Waals surface area contributed by atoms with E-state index in [1.54, 1.807) is 19.9 Å². The summed E-state index contributed by atoms with van der Waals surface area (Å²) in [6.45, 7) is 5.44. The average Bonchev–Trinajstić information content (AvgIpc) is 2.71. The number of furan rings is 1. The molecule has 1 aromatic carbocycles. The van der Waals surface area contributed by atoms with Crippen LogP contribution in [0.2, 0.25) is 0 Å². The molecular weight excluding hydrogens is 238 g/mol. The van der Waals surface area contributed by atoms with E-state index in [0.717, 1.165) is 11.1 Å². The number of carbonyl (C=O) groups is 1. The molecule has 0 saturated heterocycles. The lowest BCUT2D eigenvalue weighted by Gasteiger charge is -2.10. The van der Waals surface area contributed by atoms with E-state index in [4.69, 9.17) is 4.42 Å². The second-order valence-corrected chi connectivity index (χ2v) is 4.61. The number of hydrogen-bond acceptors (Lipinski definition) is 3. The van der Waals surface area contributed by atoms with Crippen molar-refractivity contribution < 1.29 is 9.21 Å². The summed E-state index contributed by atoms with van der Waals surface area (Å²) in [4.78, 5) is 12.5. The highest BCUT2D eigenvalue weighted by atomic mass is 16.3. The summed E-state index contributed by atoms with van der Waals surface area (Å²) in [6, 6.07) is 11.3. The Morgan fingerprint density at radius 2 is 1.95 bits per heavy atom. The summed E-state index contributed by atoms with van der Waals surface area (Å²) < 4.78 is 5.37. The number of nitrogens with zero attached hydrogens (tertiary/aromatic N) is 1. The maximum absolute atomic E-state index is 12.5. The van der Waals surface area contributed by atoms with Crippen LogP contribution >= 0.6 is 0 Å². The Hall–Kier alpha value is -2.34. The largest absolute Gasteiger partial charge is 0.466 e. The van der Waals surface area contributed by atoms with E-state index in [1.165, 1.54) is 0 Å². The Bertz CT molecular complexity index is 662. The number of hydrogen-bond donors (Lipinski definition) is 0. The molecule has 3 heteroatoms. The van der Waals surface area contributed by atoms with Gasteiger partial charge in [0.1, 0.15) is 17.4 Å². The topological polar surface area (TPSA) is 54.0 Å². The van der Waals surface area contributed by atoms with Gasteiger partial charge in [0.05, 0.1) is 11.6 Å². The minimum absolute atomic E-state index is 0.203. The second kappa shape index (κ2) is 5.11. The van der Waals surface area contributed by atoms with Crippen molar-refractivity contribution in [3.05, 3.63) is 58.5 Å². The van der Waals surface area contributed by atoms with Crippen molar-refractivity contribution in [1.82, 2.24) is 0 Å². The molecule has 0 aliphatic rings. The summed E-state index contributed by atoms with van der Waals surface area (Å²) in [7, 11) is 0. The Labute approximate surface area is 112 Å². The lowest BCUT2D eigenvalue weighted by atomic mass is 9.89. The van der Waals surface area contributed by atoms with Crippen molar-refractivity contribution in [3.8, 4) is 6.07 Å². The molecule has 0 aliphatic carbocycles. The molecule has 0 amide bonds. The maximum Gasteiger partial charge on any atom is 0.187 e. The van der Waals surface area contributed by atoms with E-state index in [1.807, 2.05) is 31.2 Å². The van der Waals surface area contributed by atoms with Crippen LogP contribution in [0.4, 0.5) is 0 Å². The van der Waals surface area contributed by atoms with Crippen LogP contribution in [0.1, 0.15) is 38.9 Å². The van der Waals surface area contributed by atoms with Gasteiger partial charge in [0.2, 0.25) is 0 Å². The first kappa shape index (κ1) is 13.1. The van der Waals surface area contributed by atoms with Gasteiger partial charge in [-0.15, -0.1) is 0 Å². The van der Waals surface area contributed by atoms with Crippen LogP contribution in [-0.2, 0) is 0 Å². The summed E-state index contributed by atoms with van der Waals surface area (Å²) >= 11 is 0. The van der Waals surface area contributed by atoms with Crippen LogP contribution in [0.15, 0.2) is 34.7 Å². The highest BCUT2D eigenvalue weighted by molar-refractivity contribution is 6.03. The van der Waals surface area contributed by atoms with E-state index < -0.39 is 5.92 Å². The Morgan fingerprint density at radius 1 is 1.26 bits per heavy atom. The molecule has 1 heterocycles. The third-order valence-electron chi connectivity index (χ3n) is 3.20. The molecule has 2 rings (SSSR count). The molecule has 0 spiro atoms. The third kappa shape index (κ3) is 2.43. The zero-order chi connectivity index (χ0) is 14.0. The number of nitriles is 1. The molecule has 96 valence electrons. The fourth-order valence-corrected chi connectivity index (χ4v) is 2.21. The van der Waals surface area contributed by atoms with Crippen LogP contribution in [-0.4, -0.2) is 5.78 Å². The van der Waals surface area contributed by atoms with Crippen molar-refractivity contribution in [3.63, 3.8) is 0 Å². The van der Waals surface area contributed by atoms with Gasteiger partial charge < -0.3 is 4.42 Å². The van der Waals surface area contributed by atoms with Gasteiger partial charge in [-0.3, -0.25) is 4.79 Å². The van der Waals surface area contributed by atoms with Crippen LogP contribution in [0.25, 0.3) is 0 Å². The fraction of sp³-hybridized carbons (Fsp3) is 0.250. The van der Waals surface area contributed by atoms with Crippen molar-refractivity contribution in [1.29, 1.82) is 5.26 Å². The minimum atomic E-state index is -0.781. The molecule has 0 bridgehead atoms. The highest BCUT2D eigenvalue weighted by Gasteiger charge is 2.26. The summed E-state index contributed by atoms with van der Waals surface area (Å²) in [5.74, 6) is 0.265. The molecular formula is C16H15NO2. The molecule has 3 nitrogen and oxygen atoms in total. The Kier molecular flexibility index (Phi) is 3.52. The monoisotopic (exact) mass is 253 g/mol. The van der Waals surface area contributed by atoms with Gasteiger partial charge in [0, 0.05) is 0 Å². The van der Waals surface area contributed by atoms with Gasteiger partial charge >= 0.3 is 0 Å². The summed E-state index contributed by atoms with van der Waals surface area (Å²) in [5.41, 5.74) is 2.20. The number of benzene rings is 1. The normalized spacial score (nSPS) is 11.9. The average molecular weight is 253 g/mol. The van der Waals surface area contributed by atoms with Gasteiger partial charge in [-0.2, -0.15) is 5.26 Å². The molecule has 0 saturated carbocycles. The predicted octanol–water partition coefficient (Wildman–Crippen LogP) is 3.69. The van der Waals surface area contributed by atoms with Gasteiger partial charge in [-0.25, -0.2) is 0 Å². The first-order valence-corrected chi connectivity index (χ1v) is 6.11. The van der Waals surface area contributed by atoms with E-state index in [0.29, 0.717) is 17.1 Å². The zero-order valence-electron chi connectivity index (χ0n) is 11.2. The van der Waals surface area contributed by atoms with Crippen LogP contribution in [0.3, 0.4) is 0 Å². The van der Waals surface area contributed by atoms with Gasteiger partial charge in [0.25, 0.3) is 0 Å². The van der Waals surface area contributed by atoms with Crippen molar-refractivity contribution >= 4 is 5.78 Å². The molecule has 0 aliphatic heterocycles. The van der Waals surface area contributed by atoms with Gasteiger partial charge in [0.15, 0.2) is 5.78 Å². The Morgan fingerprint density at radius 3 is 2.47 bits per heavy atom. The molecule has 0 radical (unpaired) electrons. The number of carbonyl (C=O) groups excluding carboxylic acids is 1. The van der Waals surface area contributed by atoms with Crippen LogP contribution in [0.5, 0.6) is 0 Å². The second-order valence-electron chi connectivity index (χ2n) is 4.61. The molecule has 1 aromatic heterocycles. The zero-order valence-corrected chi connectivity index (χ0v) is 11.2. The molecule has 0 N–H and O–H groups in total. The standard InChI is InChI=1S/C16H15NO2/c1-10-6-4-5-7-13(10)15(9-17)16(18)14-8-11(2)19-12(14)3/h4-8,15H,1-3H3. The van der Waals surface area contributed by atoms with Gasteiger partial charge in [-0.1, -0.05) is 24.3 Å². The molecule has 2 aromatic rings. The van der Waals surface area contributed by atoms with E-state index in [2.05, 4.69) is 6.07 Å². The van der Waals surface area contributed by atoms with Gasteiger partial charge in [-0.05, 0) is 38.0 Å². The fourth-order valence-electron chi connectivity index (χ4n) is 2.21. The molecule has 1 atom stereocenters. The van der Waals surface area contributed by atoms with Crippen LogP contribution in [0, 0.1) is 32.1 Å². The number of aryl methyl sites for hydroxylation is 3.